The minimum absolute atomic E-state index is 0.235. The van der Waals surface area contributed by atoms with Crippen LogP contribution in [0.15, 0.2) is 42.5 Å². The fourth-order valence-electron chi connectivity index (χ4n) is 2.98. The number of hydrogen-bond acceptors (Lipinski definition) is 2. The molecule has 3 rings (SSSR count). The summed E-state index contributed by atoms with van der Waals surface area (Å²) in [7, 11) is -4.39. The number of para-hydroxylation sites is 1. The number of hydrogen-bond donors (Lipinski definition) is 3. The number of ether oxygens (including phenoxy) is 1. The highest BCUT2D eigenvalue weighted by atomic mass is 31.2. The Hall–Kier alpha value is -1.81. The van der Waals surface area contributed by atoms with Gasteiger partial charge in [0, 0.05) is 22.4 Å². The highest BCUT2D eigenvalue weighted by Crippen LogP contribution is 2.55. The smallest absolute Gasteiger partial charge is 0.368 e. The van der Waals surface area contributed by atoms with Gasteiger partial charge in [0.05, 0.1) is 5.52 Å². The average molecular weight is 333 g/mol. The first-order chi connectivity index (χ1) is 10.9. The molecule has 6 heteroatoms. The number of fused-ring (bicyclic) bond motifs is 3. The summed E-state index contributed by atoms with van der Waals surface area (Å²) in [6.45, 7) is 3.45. The van der Waals surface area contributed by atoms with Crippen molar-refractivity contribution in [2.24, 2.45) is 0 Å². The SMILES string of the molecule is CCC(CC)(Oc1ccc2c(c1)[nH]c1ccccc12)P(=O)(O)O. The molecular formula is C17H20NO4P. The van der Waals surface area contributed by atoms with Crippen LogP contribution in [0.5, 0.6) is 5.75 Å². The van der Waals surface area contributed by atoms with Gasteiger partial charge in [-0.15, -0.1) is 0 Å². The predicted molar refractivity (Wildman–Crippen MR) is 91.8 cm³/mol. The molecule has 23 heavy (non-hydrogen) atoms. The van der Waals surface area contributed by atoms with Crippen molar-refractivity contribution in [3.8, 4) is 5.75 Å². The Kier molecular flexibility index (Phi) is 3.96. The number of benzene rings is 2. The molecule has 3 aromatic rings. The lowest BCUT2D eigenvalue weighted by Crippen LogP contribution is -2.34. The Balaban J connectivity index is 2.06. The van der Waals surface area contributed by atoms with Gasteiger partial charge in [0.2, 0.25) is 5.34 Å². The monoisotopic (exact) mass is 333 g/mol. The van der Waals surface area contributed by atoms with E-state index in [4.69, 9.17) is 4.74 Å². The standard InChI is InChI=1S/C17H20NO4P/c1-3-17(4-2,23(19,20)21)22-12-9-10-14-13-7-5-6-8-15(13)18-16(14)11-12/h5-11,18H,3-4H2,1-2H3,(H2,19,20,21). The quantitative estimate of drug-likeness (QED) is 0.605. The number of nitrogens with one attached hydrogen (secondary N) is 1. The lowest BCUT2D eigenvalue weighted by atomic mass is 10.1. The van der Waals surface area contributed by atoms with Gasteiger partial charge >= 0.3 is 7.60 Å². The molecule has 0 amide bonds. The van der Waals surface area contributed by atoms with E-state index in [9.17, 15) is 14.4 Å². The molecule has 122 valence electrons. The molecule has 1 aromatic heterocycles. The molecule has 0 spiro atoms. The third-order valence-corrected chi connectivity index (χ3v) is 6.21. The Labute approximate surface area is 134 Å². The lowest BCUT2D eigenvalue weighted by Gasteiger charge is -2.32. The molecular weight excluding hydrogens is 313 g/mol. The summed E-state index contributed by atoms with van der Waals surface area (Å²) < 4.78 is 17.7. The molecule has 0 aliphatic heterocycles. The van der Waals surface area contributed by atoms with Crippen molar-refractivity contribution < 1.29 is 19.1 Å². The van der Waals surface area contributed by atoms with E-state index in [-0.39, 0.29) is 12.8 Å². The highest BCUT2D eigenvalue weighted by Gasteiger charge is 2.46. The minimum Gasteiger partial charge on any atom is -0.475 e. The second-order valence-electron chi connectivity index (χ2n) is 5.68. The topological polar surface area (TPSA) is 82.6 Å². The maximum Gasteiger partial charge on any atom is 0.368 e. The first-order valence-corrected chi connectivity index (χ1v) is 9.26. The van der Waals surface area contributed by atoms with Gasteiger partial charge in [0.15, 0.2) is 0 Å². The van der Waals surface area contributed by atoms with Crippen LogP contribution in [0.4, 0.5) is 0 Å². The summed E-state index contributed by atoms with van der Waals surface area (Å²) >= 11 is 0. The van der Waals surface area contributed by atoms with Gasteiger partial charge in [-0.3, -0.25) is 4.57 Å². The van der Waals surface area contributed by atoms with E-state index in [1.54, 1.807) is 26.0 Å². The lowest BCUT2D eigenvalue weighted by molar-refractivity contribution is 0.108. The van der Waals surface area contributed by atoms with E-state index in [1.165, 1.54) is 0 Å². The van der Waals surface area contributed by atoms with E-state index in [0.717, 1.165) is 21.8 Å². The van der Waals surface area contributed by atoms with Crippen LogP contribution in [0.25, 0.3) is 21.8 Å². The van der Waals surface area contributed by atoms with E-state index in [0.29, 0.717) is 5.75 Å². The summed E-state index contributed by atoms with van der Waals surface area (Å²) in [5.41, 5.74) is 1.91. The zero-order valence-corrected chi connectivity index (χ0v) is 14.0. The largest absolute Gasteiger partial charge is 0.475 e. The molecule has 0 saturated heterocycles. The van der Waals surface area contributed by atoms with Gasteiger partial charge in [-0.05, 0) is 31.0 Å². The van der Waals surface area contributed by atoms with Crippen molar-refractivity contribution in [2.75, 3.05) is 0 Å². The molecule has 0 aliphatic rings. The first-order valence-electron chi connectivity index (χ1n) is 7.65. The van der Waals surface area contributed by atoms with E-state index >= 15 is 0 Å². The summed E-state index contributed by atoms with van der Waals surface area (Å²) in [6, 6.07) is 13.4. The van der Waals surface area contributed by atoms with Crippen LogP contribution < -0.4 is 4.74 Å². The summed E-state index contributed by atoms with van der Waals surface area (Å²) in [4.78, 5) is 22.7. The van der Waals surface area contributed by atoms with Gasteiger partial charge in [-0.25, -0.2) is 0 Å². The molecule has 2 aromatic carbocycles. The summed E-state index contributed by atoms with van der Waals surface area (Å²) in [5, 5.41) is 0.691. The number of rotatable bonds is 5. The highest BCUT2D eigenvalue weighted by molar-refractivity contribution is 7.53. The van der Waals surface area contributed by atoms with Crippen molar-refractivity contribution in [2.45, 2.75) is 32.0 Å². The molecule has 0 aliphatic carbocycles. The van der Waals surface area contributed by atoms with Crippen molar-refractivity contribution in [3.63, 3.8) is 0 Å². The normalized spacial score (nSPS) is 12.9. The third-order valence-electron chi connectivity index (χ3n) is 4.42. The molecule has 1 heterocycles. The van der Waals surface area contributed by atoms with Crippen molar-refractivity contribution in [1.82, 2.24) is 4.98 Å². The zero-order chi connectivity index (χ0) is 16.7. The van der Waals surface area contributed by atoms with Crippen LogP contribution in [0.2, 0.25) is 0 Å². The van der Waals surface area contributed by atoms with E-state index < -0.39 is 12.9 Å². The minimum atomic E-state index is -4.39. The fourth-order valence-corrected chi connectivity index (χ4v) is 4.03. The predicted octanol–water partition coefficient (Wildman–Crippen LogP) is 4.39. The van der Waals surface area contributed by atoms with Crippen molar-refractivity contribution in [1.29, 1.82) is 0 Å². The molecule has 0 bridgehead atoms. The Morgan fingerprint density at radius 1 is 1.04 bits per heavy atom. The fraction of sp³-hybridized carbons (Fsp3) is 0.294. The zero-order valence-electron chi connectivity index (χ0n) is 13.1. The number of aromatic amines is 1. The summed E-state index contributed by atoms with van der Waals surface area (Å²) in [6.07, 6.45) is 0.469. The van der Waals surface area contributed by atoms with Gasteiger partial charge in [-0.1, -0.05) is 32.0 Å². The van der Waals surface area contributed by atoms with Crippen molar-refractivity contribution in [3.05, 3.63) is 42.5 Å². The van der Waals surface area contributed by atoms with Crippen LogP contribution in [0, 0.1) is 0 Å². The summed E-state index contributed by atoms with van der Waals surface area (Å²) in [5.74, 6) is 0.455. The van der Waals surface area contributed by atoms with Gasteiger partial charge in [-0.2, -0.15) is 0 Å². The van der Waals surface area contributed by atoms with Crippen LogP contribution >= 0.6 is 7.60 Å². The molecule has 0 radical (unpaired) electrons. The van der Waals surface area contributed by atoms with Gasteiger partial charge in [0.25, 0.3) is 0 Å². The number of aromatic nitrogens is 1. The Bertz CT molecular complexity index is 892. The molecule has 0 fully saturated rings. The van der Waals surface area contributed by atoms with Crippen LogP contribution in [-0.2, 0) is 4.57 Å². The third kappa shape index (κ3) is 2.65. The Morgan fingerprint density at radius 2 is 1.70 bits per heavy atom. The molecule has 0 saturated carbocycles. The first kappa shape index (κ1) is 16.1. The maximum atomic E-state index is 11.9. The van der Waals surface area contributed by atoms with E-state index in [1.807, 2.05) is 30.3 Å². The van der Waals surface area contributed by atoms with Gasteiger partial charge in [0.1, 0.15) is 5.75 Å². The van der Waals surface area contributed by atoms with Gasteiger partial charge < -0.3 is 19.5 Å². The van der Waals surface area contributed by atoms with Crippen LogP contribution in [0.3, 0.4) is 0 Å². The molecule has 5 nitrogen and oxygen atoms in total. The maximum absolute atomic E-state index is 11.9. The second kappa shape index (κ2) is 5.68. The van der Waals surface area contributed by atoms with Crippen molar-refractivity contribution >= 4 is 29.4 Å². The second-order valence-corrected chi connectivity index (χ2v) is 7.58. The average Bonchev–Trinajstić information content (AvgIpc) is 2.89. The molecule has 3 N–H and O–H groups in total. The Morgan fingerprint density at radius 3 is 2.35 bits per heavy atom. The number of H-pyrrole nitrogens is 1. The van der Waals surface area contributed by atoms with Crippen LogP contribution in [-0.4, -0.2) is 20.1 Å². The van der Waals surface area contributed by atoms with E-state index in [2.05, 4.69) is 4.98 Å². The van der Waals surface area contributed by atoms with Crippen LogP contribution in [0.1, 0.15) is 26.7 Å². The molecule has 0 atom stereocenters. The molecule has 0 unspecified atom stereocenters.